The molecule has 0 aliphatic rings. The lowest BCUT2D eigenvalue weighted by molar-refractivity contribution is 1.26. The van der Waals surface area contributed by atoms with Crippen molar-refractivity contribution in [2.24, 2.45) is 5.73 Å². The summed E-state index contributed by atoms with van der Waals surface area (Å²) in [6, 6.07) is 5.56. The molecule has 1 rings (SSSR count). The summed E-state index contributed by atoms with van der Waals surface area (Å²) in [6.07, 6.45) is 1.69. The molecule has 0 unspecified atom stereocenters. The maximum Gasteiger partial charge on any atom is 0.0864 e. The molecule has 10 heavy (non-hydrogen) atoms. The first-order valence-corrected chi connectivity index (χ1v) is 3.37. The van der Waals surface area contributed by atoms with Crippen molar-refractivity contribution in [3.8, 4) is 0 Å². The first-order chi connectivity index (χ1) is 4.84. The van der Waals surface area contributed by atoms with E-state index in [1.807, 2.05) is 18.2 Å². The molecule has 0 aliphatic carbocycles. The summed E-state index contributed by atoms with van der Waals surface area (Å²) in [5.74, 6) is 0. The molecule has 0 fully saturated rings. The van der Waals surface area contributed by atoms with Crippen molar-refractivity contribution in [2.45, 2.75) is 0 Å². The zero-order chi connectivity index (χ0) is 7.40. The number of hydrogen-bond donors (Lipinski definition) is 2. The monoisotopic (exact) mass is 152 g/mol. The summed E-state index contributed by atoms with van der Waals surface area (Å²) in [4.78, 5) is 4.01. The molecule has 52 valence electrons. The van der Waals surface area contributed by atoms with Gasteiger partial charge in [0.1, 0.15) is 0 Å². The molecule has 0 saturated heterocycles. The maximum atomic E-state index is 5.52. The molecular formula is C7H8N2S. The molecule has 0 saturated carbocycles. The van der Waals surface area contributed by atoms with Crippen molar-refractivity contribution < 1.29 is 0 Å². The molecule has 1 heterocycles. The highest BCUT2D eigenvalue weighted by Crippen LogP contribution is 2.03. The van der Waals surface area contributed by atoms with Gasteiger partial charge in [-0.3, -0.25) is 4.98 Å². The van der Waals surface area contributed by atoms with E-state index in [1.54, 1.807) is 6.20 Å². The molecule has 1 aromatic rings. The molecule has 0 amide bonds. The Kier molecular flexibility index (Phi) is 2.34. The Hall–Kier alpha value is -0.960. The van der Waals surface area contributed by atoms with Gasteiger partial charge in [0.25, 0.3) is 0 Å². The van der Waals surface area contributed by atoms with Crippen LogP contribution in [-0.2, 0) is 0 Å². The highest BCUT2D eigenvalue weighted by atomic mass is 32.1. The fourth-order valence-electron chi connectivity index (χ4n) is 0.600. The molecular weight excluding hydrogens is 144 g/mol. The molecule has 0 bridgehead atoms. The van der Waals surface area contributed by atoms with E-state index in [9.17, 15) is 0 Å². The molecule has 0 spiro atoms. The smallest absolute Gasteiger partial charge is 0.0864 e. The SMILES string of the molecule is N/C(=C\S)c1ccccn1. The van der Waals surface area contributed by atoms with Gasteiger partial charge in [-0.05, 0) is 17.5 Å². The zero-order valence-corrected chi connectivity index (χ0v) is 6.25. The van der Waals surface area contributed by atoms with E-state index in [0.29, 0.717) is 5.70 Å². The van der Waals surface area contributed by atoms with Gasteiger partial charge in [0.2, 0.25) is 0 Å². The fourth-order valence-corrected chi connectivity index (χ4v) is 0.732. The summed E-state index contributed by atoms with van der Waals surface area (Å²) in [6.45, 7) is 0. The summed E-state index contributed by atoms with van der Waals surface area (Å²) >= 11 is 3.90. The van der Waals surface area contributed by atoms with Crippen molar-refractivity contribution >= 4 is 18.3 Å². The second kappa shape index (κ2) is 3.27. The van der Waals surface area contributed by atoms with Crippen molar-refractivity contribution in [3.63, 3.8) is 0 Å². The fraction of sp³-hybridized carbons (Fsp3) is 0. The molecule has 0 aliphatic heterocycles. The van der Waals surface area contributed by atoms with Crippen molar-refractivity contribution in [1.82, 2.24) is 4.98 Å². The Morgan fingerprint density at radius 1 is 1.60 bits per heavy atom. The normalized spacial score (nSPS) is 11.5. The zero-order valence-electron chi connectivity index (χ0n) is 5.36. The van der Waals surface area contributed by atoms with Crippen LogP contribution in [0.5, 0.6) is 0 Å². The summed E-state index contributed by atoms with van der Waals surface area (Å²) in [7, 11) is 0. The van der Waals surface area contributed by atoms with Crippen molar-refractivity contribution in [2.75, 3.05) is 0 Å². The predicted molar refractivity (Wildman–Crippen MR) is 45.4 cm³/mol. The van der Waals surface area contributed by atoms with E-state index >= 15 is 0 Å². The van der Waals surface area contributed by atoms with Crippen LogP contribution in [0.4, 0.5) is 0 Å². The number of nitrogens with two attached hydrogens (primary N) is 1. The lowest BCUT2D eigenvalue weighted by Gasteiger charge is -1.95. The van der Waals surface area contributed by atoms with Gasteiger partial charge < -0.3 is 5.73 Å². The summed E-state index contributed by atoms with van der Waals surface area (Å²) in [5.41, 5.74) is 6.87. The van der Waals surface area contributed by atoms with Crippen molar-refractivity contribution in [1.29, 1.82) is 0 Å². The molecule has 2 N–H and O–H groups in total. The van der Waals surface area contributed by atoms with Crippen LogP contribution in [0.3, 0.4) is 0 Å². The topological polar surface area (TPSA) is 38.9 Å². The number of nitrogens with zero attached hydrogens (tertiary/aromatic N) is 1. The minimum Gasteiger partial charge on any atom is -0.397 e. The minimum absolute atomic E-state index is 0.587. The largest absolute Gasteiger partial charge is 0.397 e. The Bertz CT molecular complexity index is 231. The molecule has 0 atom stereocenters. The van der Waals surface area contributed by atoms with Crippen molar-refractivity contribution in [3.05, 3.63) is 35.5 Å². The van der Waals surface area contributed by atoms with Crippen LogP contribution in [-0.4, -0.2) is 4.98 Å². The Balaban J connectivity index is 2.96. The molecule has 1 aromatic heterocycles. The Morgan fingerprint density at radius 2 is 2.40 bits per heavy atom. The Morgan fingerprint density at radius 3 is 2.90 bits per heavy atom. The lowest BCUT2D eigenvalue weighted by Crippen LogP contribution is -1.96. The maximum absolute atomic E-state index is 5.52. The van der Waals surface area contributed by atoms with Gasteiger partial charge in [0, 0.05) is 6.20 Å². The van der Waals surface area contributed by atoms with E-state index in [0.717, 1.165) is 5.69 Å². The predicted octanol–water partition coefficient (Wildman–Crippen LogP) is 1.27. The third-order valence-corrected chi connectivity index (χ3v) is 1.38. The molecule has 2 nitrogen and oxygen atoms in total. The van der Waals surface area contributed by atoms with Crippen LogP contribution in [0.25, 0.3) is 5.70 Å². The van der Waals surface area contributed by atoms with Gasteiger partial charge in [-0.15, -0.1) is 12.6 Å². The van der Waals surface area contributed by atoms with Gasteiger partial charge in [-0.25, -0.2) is 0 Å². The van der Waals surface area contributed by atoms with E-state index in [4.69, 9.17) is 5.73 Å². The first-order valence-electron chi connectivity index (χ1n) is 2.86. The number of hydrogen-bond acceptors (Lipinski definition) is 3. The van der Waals surface area contributed by atoms with Crippen LogP contribution in [0.15, 0.2) is 29.8 Å². The molecule has 3 heteroatoms. The van der Waals surface area contributed by atoms with Gasteiger partial charge >= 0.3 is 0 Å². The van der Waals surface area contributed by atoms with E-state index in [-0.39, 0.29) is 0 Å². The third-order valence-electron chi connectivity index (χ3n) is 1.10. The van der Waals surface area contributed by atoms with Crippen LogP contribution < -0.4 is 5.73 Å². The number of pyridine rings is 1. The average Bonchev–Trinajstić information content (AvgIpc) is 2.05. The average molecular weight is 152 g/mol. The lowest BCUT2D eigenvalue weighted by atomic mass is 10.3. The first kappa shape index (κ1) is 7.15. The van der Waals surface area contributed by atoms with Gasteiger partial charge in [-0.1, -0.05) is 6.07 Å². The molecule has 0 radical (unpaired) electrons. The van der Waals surface area contributed by atoms with Gasteiger partial charge in [0.05, 0.1) is 11.4 Å². The number of rotatable bonds is 1. The summed E-state index contributed by atoms with van der Waals surface area (Å²) < 4.78 is 0. The van der Waals surface area contributed by atoms with E-state index < -0.39 is 0 Å². The van der Waals surface area contributed by atoms with E-state index in [2.05, 4.69) is 17.6 Å². The quantitative estimate of drug-likeness (QED) is 0.595. The van der Waals surface area contributed by atoms with Crippen LogP contribution in [0, 0.1) is 0 Å². The second-order valence-electron chi connectivity index (χ2n) is 1.80. The van der Waals surface area contributed by atoms with Gasteiger partial charge in [-0.2, -0.15) is 0 Å². The highest BCUT2D eigenvalue weighted by molar-refractivity contribution is 7.83. The standard InChI is InChI=1S/C7H8N2S/c8-6(5-10)7-3-1-2-4-9-7/h1-5,10H,8H2/b6-5-. The number of thiol groups is 1. The minimum atomic E-state index is 0.587. The van der Waals surface area contributed by atoms with Crippen LogP contribution >= 0.6 is 12.6 Å². The van der Waals surface area contributed by atoms with Crippen LogP contribution in [0.2, 0.25) is 0 Å². The van der Waals surface area contributed by atoms with Gasteiger partial charge in [0.15, 0.2) is 0 Å². The Labute approximate surface area is 65.2 Å². The van der Waals surface area contributed by atoms with Crippen LogP contribution in [0.1, 0.15) is 5.69 Å². The highest BCUT2D eigenvalue weighted by Gasteiger charge is 1.91. The number of aromatic nitrogens is 1. The second-order valence-corrected chi connectivity index (χ2v) is 2.06. The summed E-state index contributed by atoms with van der Waals surface area (Å²) in [5, 5.41) is 1.53. The third kappa shape index (κ3) is 1.51. The molecule has 0 aromatic carbocycles. The van der Waals surface area contributed by atoms with E-state index in [1.165, 1.54) is 5.41 Å².